The van der Waals surface area contributed by atoms with Crippen molar-refractivity contribution in [2.45, 2.75) is 6.61 Å². The molecule has 0 bridgehead atoms. The van der Waals surface area contributed by atoms with Gasteiger partial charge in [0.25, 0.3) is 5.91 Å². The highest BCUT2D eigenvalue weighted by Crippen LogP contribution is 2.39. The maximum Gasteiger partial charge on any atom is 0.261 e. The second kappa shape index (κ2) is 9.22. The summed E-state index contributed by atoms with van der Waals surface area (Å²) in [7, 11) is 1.51. The summed E-state index contributed by atoms with van der Waals surface area (Å²) in [6.07, 6.45) is 3.33. The minimum absolute atomic E-state index is 0.0516. The molecule has 0 spiro atoms. The lowest BCUT2D eigenvalue weighted by Crippen LogP contribution is -2.13. The summed E-state index contributed by atoms with van der Waals surface area (Å²) < 4.78 is 11.1. The standard InChI is InChI=1S/C20H15Cl3N2O4/c1-28-15-3-2-12(8-16(15)29-10-11-4-6-24-7-5-11)25-20(27)17-18(23)13(21)9-14(22)19(17)26/h2-9,26H,10H2,1H3,(H,25,27). The fraction of sp³-hybridized carbons (Fsp3) is 0.100. The van der Waals surface area contributed by atoms with Crippen LogP contribution in [-0.2, 0) is 6.61 Å². The van der Waals surface area contributed by atoms with Crippen LogP contribution in [-0.4, -0.2) is 23.1 Å². The van der Waals surface area contributed by atoms with Crippen LogP contribution in [0.15, 0.2) is 48.8 Å². The maximum atomic E-state index is 12.7. The summed E-state index contributed by atoms with van der Waals surface area (Å²) in [4.78, 5) is 16.6. The highest BCUT2D eigenvalue weighted by Gasteiger charge is 2.21. The molecule has 0 aliphatic carbocycles. The van der Waals surface area contributed by atoms with E-state index in [1.165, 1.54) is 13.2 Å². The number of hydrogen-bond donors (Lipinski definition) is 2. The molecule has 1 amide bonds. The van der Waals surface area contributed by atoms with Crippen molar-refractivity contribution < 1.29 is 19.4 Å². The van der Waals surface area contributed by atoms with Gasteiger partial charge in [0.1, 0.15) is 17.9 Å². The van der Waals surface area contributed by atoms with E-state index < -0.39 is 11.7 Å². The minimum atomic E-state index is -0.679. The summed E-state index contributed by atoms with van der Waals surface area (Å²) in [6, 6.07) is 9.76. The van der Waals surface area contributed by atoms with Crippen LogP contribution in [0.2, 0.25) is 15.1 Å². The number of benzene rings is 2. The molecular weight excluding hydrogens is 439 g/mol. The zero-order valence-electron chi connectivity index (χ0n) is 15.1. The van der Waals surface area contributed by atoms with Gasteiger partial charge in [0.2, 0.25) is 0 Å². The molecule has 0 radical (unpaired) electrons. The summed E-state index contributed by atoms with van der Waals surface area (Å²) >= 11 is 17.9. The van der Waals surface area contributed by atoms with Crippen LogP contribution in [0, 0.1) is 0 Å². The van der Waals surface area contributed by atoms with E-state index in [-0.39, 0.29) is 27.2 Å². The van der Waals surface area contributed by atoms with E-state index in [1.54, 1.807) is 30.6 Å². The van der Waals surface area contributed by atoms with Crippen LogP contribution in [0.3, 0.4) is 0 Å². The Morgan fingerprint density at radius 3 is 2.48 bits per heavy atom. The first-order valence-electron chi connectivity index (χ1n) is 8.28. The van der Waals surface area contributed by atoms with E-state index in [0.717, 1.165) is 5.56 Å². The Morgan fingerprint density at radius 1 is 1.07 bits per heavy atom. The number of phenols is 1. The second-order valence-electron chi connectivity index (χ2n) is 5.84. The fourth-order valence-corrected chi connectivity index (χ4v) is 3.19. The Hall–Kier alpha value is -2.67. The van der Waals surface area contributed by atoms with Gasteiger partial charge in [-0.2, -0.15) is 0 Å². The van der Waals surface area contributed by atoms with Crippen molar-refractivity contribution in [3.8, 4) is 17.2 Å². The maximum absolute atomic E-state index is 12.7. The summed E-state index contributed by atoms with van der Waals surface area (Å²) in [5.41, 5.74) is 1.09. The Labute approximate surface area is 182 Å². The third-order valence-corrected chi connectivity index (χ3v) is 5.01. The molecule has 29 heavy (non-hydrogen) atoms. The van der Waals surface area contributed by atoms with E-state index in [9.17, 15) is 9.90 Å². The van der Waals surface area contributed by atoms with Crippen LogP contribution in [0.5, 0.6) is 17.2 Å². The van der Waals surface area contributed by atoms with Gasteiger partial charge in [0.15, 0.2) is 11.5 Å². The number of amides is 1. The van der Waals surface area contributed by atoms with Crippen molar-refractivity contribution in [2.75, 3.05) is 12.4 Å². The molecule has 1 aromatic heterocycles. The Balaban J connectivity index is 1.84. The Kier molecular flexibility index (Phi) is 6.69. The highest BCUT2D eigenvalue weighted by atomic mass is 35.5. The minimum Gasteiger partial charge on any atom is -0.505 e. The fourth-order valence-electron chi connectivity index (χ4n) is 2.49. The number of pyridine rings is 1. The van der Waals surface area contributed by atoms with Gasteiger partial charge in [-0.15, -0.1) is 0 Å². The molecule has 150 valence electrons. The number of methoxy groups -OCH3 is 1. The van der Waals surface area contributed by atoms with Crippen molar-refractivity contribution >= 4 is 46.4 Å². The number of halogens is 3. The first-order valence-corrected chi connectivity index (χ1v) is 9.41. The number of ether oxygens (including phenoxy) is 2. The van der Waals surface area contributed by atoms with E-state index in [0.29, 0.717) is 17.2 Å². The van der Waals surface area contributed by atoms with E-state index in [2.05, 4.69) is 10.3 Å². The number of rotatable bonds is 6. The summed E-state index contributed by atoms with van der Waals surface area (Å²) in [6.45, 7) is 0.285. The number of nitrogens with one attached hydrogen (secondary N) is 1. The van der Waals surface area contributed by atoms with E-state index in [4.69, 9.17) is 44.3 Å². The second-order valence-corrected chi connectivity index (χ2v) is 7.03. The van der Waals surface area contributed by atoms with Crippen LogP contribution in [0.25, 0.3) is 0 Å². The van der Waals surface area contributed by atoms with Gasteiger partial charge < -0.3 is 19.9 Å². The third kappa shape index (κ3) is 4.85. The molecule has 1 heterocycles. The molecule has 6 nitrogen and oxygen atoms in total. The third-order valence-electron chi connectivity index (χ3n) is 3.94. The van der Waals surface area contributed by atoms with Gasteiger partial charge in [-0.1, -0.05) is 34.8 Å². The van der Waals surface area contributed by atoms with Gasteiger partial charge in [0, 0.05) is 24.1 Å². The smallest absolute Gasteiger partial charge is 0.261 e. The average Bonchev–Trinajstić information content (AvgIpc) is 2.72. The van der Waals surface area contributed by atoms with E-state index in [1.807, 2.05) is 12.1 Å². The predicted molar refractivity (Wildman–Crippen MR) is 113 cm³/mol. The van der Waals surface area contributed by atoms with Gasteiger partial charge in [-0.25, -0.2) is 0 Å². The van der Waals surface area contributed by atoms with Crippen LogP contribution in [0.1, 0.15) is 15.9 Å². The molecule has 2 N–H and O–H groups in total. The molecule has 2 aromatic carbocycles. The van der Waals surface area contributed by atoms with Crippen molar-refractivity contribution in [2.24, 2.45) is 0 Å². The topological polar surface area (TPSA) is 80.7 Å². The molecule has 0 saturated heterocycles. The Morgan fingerprint density at radius 2 is 1.79 bits per heavy atom. The van der Waals surface area contributed by atoms with Gasteiger partial charge in [0.05, 0.1) is 22.2 Å². The summed E-state index contributed by atoms with van der Waals surface area (Å²) in [5.74, 6) is -0.228. The van der Waals surface area contributed by atoms with Crippen molar-refractivity contribution in [3.63, 3.8) is 0 Å². The summed E-state index contributed by atoms with van der Waals surface area (Å²) in [5, 5.41) is 12.6. The van der Waals surface area contributed by atoms with Crippen molar-refractivity contribution in [1.82, 2.24) is 4.98 Å². The number of aromatic hydroxyl groups is 1. The zero-order chi connectivity index (χ0) is 21.0. The molecule has 0 unspecified atom stereocenters. The average molecular weight is 454 g/mol. The van der Waals surface area contributed by atoms with Crippen molar-refractivity contribution in [3.05, 3.63) is 75.0 Å². The molecule has 9 heteroatoms. The first-order chi connectivity index (χ1) is 13.9. The number of nitrogens with zero attached hydrogens (tertiary/aromatic N) is 1. The molecule has 0 fully saturated rings. The number of anilines is 1. The molecule has 3 aromatic rings. The quantitative estimate of drug-likeness (QED) is 0.476. The lowest BCUT2D eigenvalue weighted by molar-refractivity contribution is 0.102. The largest absolute Gasteiger partial charge is 0.505 e. The lowest BCUT2D eigenvalue weighted by Gasteiger charge is -2.14. The van der Waals surface area contributed by atoms with Crippen LogP contribution < -0.4 is 14.8 Å². The first kappa shape index (κ1) is 21.0. The molecule has 0 aliphatic rings. The van der Waals surface area contributed by atoms with Gasteiger partial charge >= 0.3 is 0 Å². The molecule has 0 saturated carbocycles. The normalized spacial score (nSPS) is 10.5. The van der Waals surface area contributed by atoms with Gasteiger partial charge in [-0.05, 0) is 35.9 Å². The van der Waals surface area contributed by atoms with Crippen LogP contribution >= 0.6 is 34.8 Å². The SMILES string of the molecule is COc1ccc(NC(=O)c2c(O)c(Cl)cc(Cl)c2Cl)cc1OCc1ccncc1. The molecule has 3 rings (SSSR count). The molecule has 0 aliphatic heterocycles. The predicted octanol–water partition coefficient (Wildman–Crippen LogP) is 5.59. The Bertz CT molecular complexity index is 1020. The monoisotopic (exact) mass is 452 g/mol. The highest BCUT2D eigenvalue weighted by molar-refractivity contribution is 6.46. The van der Waals surface area contributed by atoms with Gasteiger partial charge in [-0.3, -0.25) is 9.78 Å². The van der Waals surface area contributed by atoms with Crippen LogP contribution in [0.4, 0.5) is 5.69 Å². The number of hydrogen-bond acceptors (Lipinski definition) is 5. The number of phenolic OH excluding ortho intramolecular Hbond substituents is 1. The number of aromatic nitrogens is 1. The zero-order valence-corrected chi connectivity index (χ0v) is 17.3. The number of carbonyl (C=O) groups is 1. The van der Waals surface area contributed by atoms with Crippen molar-refractivity contribution in [1.29, 1.82) is 0 Å². The molecule has 0 atom stereocenters. The molecular formula is C20H15Cl3N2O4. The number of carbonyl (C=O) groups excluding carboxylic acids is 1. The van der Waals surface area contributed by atoms with E-state index >= 15 is 0 Å². The lowest BCUT2D eigenvalue weighted by atomic mass is 10.1.